The summed E-state index contributed by atoms with van der Waals surface area (Å²) in [7, 11) is 1.44. The lowest BCUT2D eigenvalue weighted by molar-refractivity contribution is -0.147. The van der Waals surface area contributed by atoms with Crippen LogP contribution in [0, 0.1) is 5.92 Å². The number of nitrogens with zero attached hydrogens (tertiary/aromatic N) is 1. The van der Waals surface area contributed by atoms with E-state index in [-0.39, 0.29) is 5.97 Å². The quantitative estimate of drug-likeness (QED) is 0.773. The third-order valence-corrected chi connectivity index (χ3v) is 5.64. The molecule has 0 aromatic rings. The van der Waals surface area contributed by atoms with E-state index in [2.05, 4.69) is 4.90 Å². The molecule has 0 aromatic heterocycles. The van der Waals surface area contributed by atoms with Gasteiger partial charge in [-0.2, -0.15) is 0 Å². The predicted molar refractivity (Wildman–Crippen MR) is 73.6 cm³/mol. The van der Waals surface area contributed by atoms with Crippen LogP contribution < -0.4 is 5.73 Å². The fourth-order valence-electron chi connectivity index (χ4n) is 4.62. The molecule has 0 spiro atoms. The number of likely N-dealkylation sites (tertiary alicyclic amines) is 1. The van der Waals surface area contributed by atoms with E-state index in [9.17, 15) is 4.79 Å². The Kier molecular flexibility index (Phi) is 3.56. The van der Waals surface area contributed by atoms with Crippen LogP contribution in [0.15, 0.2) is 0 Å². The second kappa shape index (κ2) is 5.06. The molecule has 4 heteroatoms. The number of hydrogen-bond acceptors (Lipinski definition) is 4. The monoisotopic (exact) mass is 266 g/mol. The van der Waals surface area contributed by atoms with Crippen LogP contribution in [-0.4, -0.2) is 42.1 Å². The average Bonchev–Trinajstić information content (AvgIpc) is 3.02. The van der Waals surface area contributed by atoms with Crippen molar-refractivity contribution in [1.29, 1.82) is 0 Å². The Morgan fingerprint density at radius 2 is 2.05 bits per heavy atom. The number of ether oxygens (including phenoxy) is 1. The van der Waals surface area contributed by atoms with Gasteiger partial charge in [-0.25, -0.2) is 0 Å². The number of nitrogens with two attached hydrogens (primary N) is 1. The van der Waals surface area contributed by atoms with E-state index in [0.29, 0.717) is 6.04 Å². The summed E-state index contributed by atoms with van der Waals surface area (Å²) >= 11 is 0. The highest BCUT2D eigenvalue weighted by Crippen LogP contribution is 2.42. The van der Waals surface area contributed by atoms with Crippen molar-refractivity contribution in [3.8, 4) is 0 Å². The minimum absolute atomic E-state index is 0.227. The van der Waals surface area contributed by atoms with E-state index >= 15 is 0 Å². The first kappa shape index (κ1) is 13.4. The molecule has 2 saturated carbocycles. The maximum atomic E-state index is 11.8. The molecule has 1 saturated heterocycles. The van der Waals surface area contributed by atoms with E-state index < -0.39 is 5.54 Å². The zero-order chi connectivity index (χ0) is 13.5. The Hall–Kier alpha value is -0.610. The Bertz CT molecular complexity index is 360. The highest BCUT2D eigenvalue weighted by atomic mass is 16.5. The van der Waals surface area contributed by atoms with Crippen molar-refractivity contribution in [2.24, 2.45) is 11.7 Å². The van der Waals surface area contributed by atoms with Crippen molar-refractivity contribution < 1.29 is 9.53 Å². The molecule has 2 aliphatic carbocycles. The molecule has 4 atom stereocenters. The van der Waals surface area contributed by atoms with E-state index in [0.717, 1.165) is 31.2 Å². The van der Waals surface area contributed by atoms with E-state index in [1.54, 1.807) is 0 Å². The van der Waals surface area contributed by atoms with Crippen LogP contribution in [0.3, 0.4) is 0 Å². The van der Waals surface area contributed by atoms with Crippen molar-refractivity contribution in [2.75, 3.05) is 13.7 Å². The number of hydrogen-bond donors (Lipinski definition) is 1. The summed E-state index contributed by atoms with van der Waals surface area (Å²) in [5, 5.41) is 0. The summed E-state index contributed by atoms with van der Waals surface area (Å²) in [6.45, 7) is 1.21. The highest BCUT2D eigenvalue weighted by Gasteiger charge is 2.48. The van der Waals surface area contributed by atoms with E-state index in [1.165, 1.54) is 45.8 Å². The SMILES string of the molecule is COC(=O)C1(N)CCC(N2CCC3CCCCC32)C1. The molecule has 19 heavy (non-hydrogen) atoms. The van der Waals surface area contributed by atoms with Gasteiger partial charge < -0.3 is 10.5 Å². The minimum Gasteiger partial charge on any atom is -0.468 e. The summed E-state index contributed by atoms with van der Waals surface area (Å²) in [5.41, 5.74) is 5.51. The van der Waals surface area contributed by atoms with Gasteiger partial charge in [0.2, 0.25) is 0 Å². The fourth-order valence-corrected chi connectivity index (χ4v) is 4.62. The molecular weight excluding hydrogens is 240 g/mol. The molecule has 0 radical (unpaired) electrons. The lowest BCUT2D eigenvalue weighted by Crippen LogP contribution is -2.49. The van der Waals surface area contributed by atoms with Crippen LogP contribution in [0.2, 0.25) is 0 Å². The number of carbonyl (C=O) groups excluding carboxylic acids is 1. The Labute approximate surface area is 115 Å². The van der Waals surface area contributed by atoms with Gasteiger partial charge in [-0.15, -0.1) is 0 Å². The molecule has 1 aliphatic heterocycles. The van der Waals surface area contributed by atoms with Gasteiger partial charge in [0.1, 0.15) is 5.54 Å². The zero-order valence-electron chi connectivity index (χ0n) is 11.9. The molecule has 0 amide bonds. The van der Waals surface area contributed by atoms with Gasteiger partial charge in [0.15, 0.2) is 0 Å². The molecule has 0 aromatic carbocycles. The van der Waals surface area contributed by atoms with Gasteiger partial charge in [0.05, 0.1) is 7.11 Å². The van der Waals surface area contributed by atoms with Crippen molar-refractivity contribution in [3.05, 3.63) is 0 Å². The van der Waals surface area contributed by atoms with Gasteiger partial charge >= 0.3 is 5.97 Å². The average molecular weight is 266 g/mol. The molecule has 0 bridgehead atoms. The Balaban J connectivity index is 1.66. The fraction of sp³-hybridized carbons (Fsp3) is 0.933. The number of methoxy groups -OCH3 is 1. The normalized spacial score (nSPS) is 43.2. The molecule has 1 heterocycles. The maximum absolute atomic E-state index is 11.8. The van der Waals surface area contributed by atoms with Crippen LogP contribution in [0.1, 0.15) is 51.4 Å². The van der Waals surface area contributed by atoms with Crippen molar-refractivity contribution >= 4 is 5.97 Å². The maximum Gasteiger partial charge on any atom is 0.325 e. The molecule has 3 rings (SSSR count). The van der Waals surface area contributed by atoms with Gasteiger partial charge in [0, 0.05) is 12.1 Å². The molecule has 4 nitrogen and oxygen atoms in total. The van der Waals surface area contributed by atoms with E-state index in [4.69, 9.17) is 10.5 Å². The summed E-state index contributed by atoms with van der Waals surface area (Å²) in [5.74, 6) is 0.675. The first-order chi connectivity index (χ1) is 9.14. The van der Waals surface area contributed by atoms with E-state index in [1.807, 2.05) is 0 Å². The lowest BCUT2D eigenvalue weighted by Gasteiger charge is -2.36. The smallest absolute Gasteiger partial charge is 0.325 e. The van der Waals surface area contributed by atoms with Gasteiger partial charge in [-0.1, -0.05) is 12.8 Å². The third kappa shape index (κ3) is 2.29. The first-order valence-electron chi connectivity index (χ1n) is 7.77. The standard InChI is InChI=1S/C15H26N2O2/c1-19-14(18)15(16)8-6-12(10-15)17-9-7-11-4-2-3-5-13(11)17/h11-13H,2-10,16H2,1H3. The molecular formula is C15H26N2O2. The number of esters is 1. The number of rotatable bonds is 2. The zero-order valence-corrected chi connectivity index (χ0v) is 11.9. The minimum atomic E-state index is -0.730. The van der Waals surface area contributed by atoms with Crippen molar-refractivity contribution in [2.45, 2.75) is 69.0 Å². The number of carbonyl (C=O) groups is 1. The van der Waals surface area contributed by atoms with Crippen LogP contribution in [0.5, 0.6) is 0 Å². The van der Waals surface area contributed by atoms with Crippen molar-refractivity contribution in [3.63, 3.8) is 0 Å². The summed E-state index contributed by atoms with van der Waals surface area (Å²) in [6, 6.07) is 1.26. The number of fused-ring (bicyclic) bond motifs is 1. The summed E-state index contributed by atoms with van der Waals surface area (Å²) in [4.78, 5) is 14.5. The summed E-state index contributed by atoms with van der Waals surface area (Å²) in [6.07, 6.45) is 9.47. The molecule has 2 N–H and O–H groups in total. The van der Waals surface area contributed by atoms with Gasteiger partial charge in [0.25, 0.3) is 0 Å². The molecule has 4 unspecified atom stereocenters. The first-order valence-corrected chi connectivity index (χ1v) is 7.77. The topological polar surface area (TPSA) is 55.6 Å². The van der Waals surface area contributed by atoms with Crippen LogP contribution in [0.4, 0.5) is 0 Å². The van der Waals surface area contributed by atoms with Crippen LogP contribution in [-0.2, 0) is 9.53 Å². The summed E-state index contributed by atoms with van der Waals surface area (Å²) < 4.78 is 4.87. The second-order valence-electron chi connectivity index (χ2n) is 6.68. The highest BCUT2D eigenvalue weighted by molar-refractivity contribution is 5.81. The van der Waals surface area contributed by atoms with Gasteiger partial charge in [-0.3, -0.25) is 9.69 Å². The lowest BCUT2D eigenvalue weighted by atomic mass is 9.85. The van der Waals surface area contributed by atoms with Crippen LogP contribution >= 0.6 is 0 Å². The van der Waals surface area contributed by atoms with Crippen molar-refractivity contribution in [1.82, 2.24) is 4.90 Å². The molecule has 3 fully saturated rings. The van der Waals surface area contributed by atoms with Crippen LogP contribution in [0.25, 0.3) is 0 Å². The second-order valence-corrected chi connectivity index (χ2v) is 6.68. The Morgan fingerprint density at radius 3 is 2.84 bits per heavy atom. The van der Waals surface area contributed by atoms with Gasteiger partial charge in [-0.05, 0) is 51.0 Å². The predicted octanol–water partition coefficient (Wildman–Crippen LogP) is 1.67. The molecule has 108 valence electrons. The third-order valence-electron chi connectivity index (χ3n) is 5.64. The Morgan fingerprint density at radius 1 is 1.26 bits per heavy atom. The molecule has 3 aliphatic rings. The largest absolute Gasteiger partial charge is 0.468 e.